The number of nitrogens with zero attached hydrogens (tertiary/aromatic N) is 2. The Labute approximate surface area is 486 Å². The van der Waals surface area contributed by atoms with E-state index in [2.05, 4.69) is 153 Å². The van der Waals surface area contributed by atoms with E-state index in [1.807, 2.05) is 60.9 Å². The topological polar surface area (TPSA) is 200 Å². The average Bonchev–Trinajstić information content (AvgIpc) is 3.70. The quantitative estimate of drug-likeness (QED) is 0.0226. The number of aliphatic hydroxyl groups excluding tert-OH is 4. The lowest BCUT2D eigenvalue weighted by Crippen LogP contribution is -2.26. The summed E-state index contributed by atoms with van der Waals surface area (Å²) in [4.78, 5) is 9.66. The van der Waals surface area contributed by atoms with Crippen molar-refractivity contribution in [2.24, 2.45) is 0 Å². The maximum absolute atomic E-state index is 9.90. The Kier molecular flexibility index (Phi) is 18.0. The van der Waals surface area contributed by atoms with Crippen LogP contribution in [-0.4, -0.2) is 60.7 Å². The van der Waals surface area contributed by atoms with Crippen LogP contribution in [0.2, 0.25) is 0 Å². The monoisotopic (exact) mass is 1140 g/mol. The van der Waals surface area contributed by atoms with Crippen LogP contribution in [-0.2, 0) is 45.8 Å². The number of methoxy groups -OCH3 is 3. The second kappa shape index (κ2) is 25.4. The minimum absolute atomic E-state index is 0. The molecule has 0 saturated carbocycles. The van der Waals surface area contributed by atoms with Gasteiger partial charge in [-0.1, -0.05) is 109 Å². The number of pyridine rings is 4. The molecule has 0 aliphatic heterocycles. The molecule has 84 heavy (non-hydrogen) atoms. The number of ether oxygens (including phenoxy) is 3. The summed E-state index contributed by atoms with van der Waals surface area (Å²) < 4.78 is 53.5. The predicted molar refractivity (Wildman–Crippen MR) is 327 cm³/mol. The first-order valence-corrected chi connectivity index (χ1v) is 27.8. The minimum atomic E-state index is -4.82. The van der Waals surface area contributed by atoms with Gasteiger partial charge in [0, 0.05) is 65.4 Å². The number of carbonyl (C=O) groups is 1. The normalized spacial score (nSPS) is 11.2. The fourth-order valence-electron chi connectivity index (χ4n) is 10.8. The Morgan fingerprint density at radius 3 is 1.48 bits per heavy atom. The first kappa shape index (κ1) is 59.3. The molecule has 14 nitrogen and oxygen atoms in total. The summed E-state index contributed by atoms with van der Waals surface area (Å²) in [5.41, 5.74) is 14.9. The molecular weight excluding hydrogens is 1080 g/mol. The largest absolute Gasteiger partial charge is 0.716 e. The molecule has 426 valence electrons. The lowest BCUT2D eigenvalue weighted by atomic mass is 9.95. The predicted octanol–water partition coefficient (Wildman–Crippen LogP) is 11.9. The van der Waals surface area contributed by atoms with Gasteiger partial charge in [-0.15, -0.1) is 0 Å². The van der Waals surface area contributed by atoms with E-state index < -0.39 is 16.4 Å². The molecule has 12 aromatic rings. The van der Waals surface area contributed by atoms with Crippen molar-refractivity contribution >= 4 is 70.5 Å². The Balaban J connectivity index is 0.000000177. The van der Waals surface area contributed by atoms with Gasteiger partial charge in [-0.2, -0.15) is 8.80 Å². The number of aryl methyl sites for hydroxylation is 1. The molecule has 12 rings (SSSR count). The zero-order valence-electron chi connectivity index (χ0n) is 47.2. The van der Waals surface area contributed by atoms with Gasteiger partial charge in [-0.3, -0.25) is 4.79 Å². The molecule has 4 aromatic heterocycles. The van der Waals surface area contributed by atoms with Gasteiger partial charge < -0.3 is 50.8 Å². The third-order valence-corrected chi connectivity index (χ3v) is 15.3. The van der Waals surface area contributed by atoms with Crippen molar-refractivity contribution in [1.82, 2.24) is 0 Å². The van der Waals surface area contributed by atoms with Crippen LogP contribution >= 0.6 is 0 Å². The van der Waals surface area contributed by atoms with Crippen LogP contribution in [0.3, 0.4) is 0 Å². The Hall–Kier alpha value is -9.32. The van der Waals surface area contributed by atoms with Crippen molar-refractivity contribution in [3.63, 3.8) is 0 Å². The van der Waals surface area contributed by atoms with E-state index in [9.17, 15) is 38.2 Å². The molecule has 0 bridgehead atoms. The first-order chi connectivity index (χ1) is 40.2. The molecule has 4 N–H and O–H groups in total. The molecule has 0 amide bonds. The van der Waals surface area contributed by atoms with Crippen LogP contribution in [0.1, 0.15) is 34.9 Å². The number of hydrogen-bond acceptors (Lipinski definition) is 12. The van der Waals surface area contributed by atoms with E-state index in [0.29, 0.717) is 11.5 Å². The first-order valence-electron chi connectivity index (χ1n) is 26.5. The number of carbonyl (C=O) groups excluding carboxylic acids is 1. The minimum Gasteiger partial charge on any atom is -0.716 e. The molecular formula is C69H62N2O12S. The van der Waals surface area contributed by atoms with E-state index in [0.717, 1.165) is 123 Å². The molecule has 0 radical (unpaired) electrons. The molecule has 0 spiro atoms. The van der Waals surface area contributed by atoms with Crippen molar-refractivity contribution in [3.05, 3.63) is 230 Å². The summed E-state index contributed by atoms with van der Waals surface area (Å²) in [5.74, 6) is 1.08. The van der Waals surface area contributed by atoms with E-state index in [4.69, 9.17) is 14.2 Å². The van der Waals surface area contributed by atoms with Crippen molar-refractivity contribution in [1.29, 1.82) is 0 Å². The van der Waals surface area contributed by atoms with Crippen LogP contribution in [0, 0.1) is 14.4 Å². The molecule has 8 aromatic carbocycles. The summed E-state index contributed by atoms with van der Waals surface area (Å²) in [6.45, 7) is 2.46. The molecule has 0 unspecified atom stereocenters. The van der Waals surface area contributed by atoms with Crippen molar-refractivity contribution < 1.29 is 65.4 Å². The van der Waals surface area contributed by atoms with E-state index in [-0.39, 0.29) is 33.9 Å². The van der Waals surface area contributed by atoms with Gasteiger partial charge in [0.15, 0.2) is 35.8 Å². The molecule has 0 saturated heterocycles. The van der Waals surface area contributed by atoms with Crippen LogP contribution in [0.5, 0.6) is 17.2 Å². The number of rotatable bonds is 12. The van der Waals surface area contributed by atoms with Gasteiger partial charge in [0.05, 0.1) is 58.5 Å². The van der Waals surface area contributed by atoms with Gasteiger partial charge in [-0.25, -0.2) is 8.42 Å². The van der Waals surface area contributed by atoms with Crippen molar-refractivity contribution in [2.75, 3.05) is 21.3 Å². The van der Waals surface area contributed by atoms with Crippen LogP contribution in [0.4, 0.5) is 0 Å². The standard InChI is InChI=1S/C34H30NO4.C32H26NO3.C2H4O5S.CH3/c1-21-29-16-27(20-37)26(19-36)15-25(29)17-32-31-18-30(34(39-3)33(38-2)28(31)13-14-35(21)32)24-11-9-23(10-12-24)22-7-5-4-6-8-22;1-36-32-16-24-11-12-33-18-26-14-28(20-35)27(19-34)13-25(26)15-31(33)29(24)17-30(32)23-9-7-22(8-10-23)21-5-3-2-4-6-21;1-2(3)7-8(4,5)6;/h4-18,36-37H,19-20H2,1-3H3;2-18,34-35H,19-20H2,1H3;1H3,(H,4,5,6);1H3/q2*+1;;-1/p-1. The SMILES string of the molecule is CC(=O)OS(=O)(=O)[O-].COc1c(-c2ccc(-c3ccccc3)cc2)cc2c(cc[n+]3c(C)c4cc(CO)c(CO)cc4cc23)c1OC.COc1cc2cc[n+]3cc4cc(CO)c(CO)cc4cc3c2cc1-c1ccc(-c2ccccc2)cc1.[CH3-]. The molecule has 0 fully saturated rings. The third kappa shape index (κ3) is 12.1. The number of aromatic nitrogens is 2. The molecule has 4 heterocycles. The maximum Gasteiger partial charge on any atom is 0.318 e. The third-order valence-electron chi connectivity index (χ3n) is 14.8. The highest BCUT2D eigenvalue weighted by Gasteiger charge is 2.24. The summed E-state index contributed by atoms with van der Waals surface area (Å²) in [6, 6.07) is 60.5. The van der Waals surface area contributed by atoms with E-state index >= 15 is 0 Å². The molecule has 15 heteroatoms. The lowest BCUT2D eigenvalue weighted by Gasteiger charge is -2.16. The molecule has 0 aliphatic carbocycles. The summed E-state index contributed by atoms with van der Waals surface area (Å²) in [6.07, 6.45) is 6.16. The van der Waals surface area contributed by atoms with Crippen molar-refractivity contribution in [3.8, 4) is 61.8 Å². The zero-order valence-corrected chi connectivity index (χ0v) is 48.0. The highest BCUT2D eigenvalue weighted by Crippen LogP contribution is 2.45. The van der Waals surface area contributed by atoms with Crippen LogP contribution in [0.15, 0.2) is 195 Å². The number of benzene rings is 8. The number of aliphatic hydroxyl groups is 4. The van der Waals surface area contributed by atoms with E-state index in [1.54, 1.807) is 21.3 Å². The fraction of sp³-hybridized carbons (Fsp3) is 0.130. The Morgan fingerprint density at radius 2 is 0.964 bits per heavy atom. The summed E-state index contributed by atoms with van der Waals surface area (Å²) in [7, 11) is 0.235. The van der Waals surface area contributed by atoms with Crippen LogP contribution in [0.25, 0.3) is 98.6 Å². The number of hydrogen-bond donors (Lipinski definition) is 4. The average molecular weight is 1140 g/mol. The second-order valence-electron chi connectivity index (χ2n) is 19.7. The number of fused-ring (bicyclic) bond motifs is 8. The smallest absolute Gasteiger partial charge is 0.318 e. The summed E-state index contributed by atoms with van der Waals surface area (Å²) >= 11 is 0. The van der Waals surface area contributed by atoms with Gasteiger partial charge >= 0.3 is 5.97 Å². The Bertz CT molecular complexity index is 4520. The van der Waals surface area contributed by atoms with Crippen molar-refractivity contribution in [2.45, 2.75) is 40.3 Å². The van der Waals surface area contributed by atoms with Gasteiger partial charge in [-0.05, 0) is 114 Å². The fourth-order valence-corrected chi connectivity index (χ4v) is 11.1. The van der Waals surface area contributed by atoms with Crippen LogP contribution < -0.4 is 23.0 Å². The Morgan fingerprint density at radius 1 is 0.476 bits per heavy atom. The maximum atomic E-state index is 9.90. The van der Waals surface area contributed by atoms with E-state index in [1.165, 1.54) is 16.7 Å². The molecule has 0 aliphatic rings. The zero-order chi connectivity index (χ0) is 58.5. The van der Waals surface area contributed by atoms with Gasteiger partial charge in [0.1, 0.15) is 5.75 Å². The summed E-state index contributed by atoms with van der Waals surface area (Å²) in [5, 5.41) is 47.5. The van der Waals surface area contributed by atoms with Gasteiger partial charge in [0.25, 0.3) is 10.4 Å². The highest BCUT2D eigenvalue weighted by atomic mass is 32.3. The van der Waals surface area contributed by atoms with Gasteiger partial charge in [0.2, 0.25) is 11.0 Å². The highest BCUT2D eigenvalue weighted by molar-refractivity contribution is 7.81. The molecule has 0 atom stereocenters. The lowest BCUT2D eigenvalue weighted by molar-refractivity contribution is -0.516. The second-order valence-corrected chi connectivity index (χ2v) is 20.7.